The number of nitrogens with one attached hydrogen (secondary N) is 1. The van der Waals surface area contributed by atoms with Crippen molar-refractivity contribution in [3.63, 3.8) is 0 Å². The zero-order valence-corrected chi connectivity index (χ0v) is 15.2. The number of hydrogen-bond donors (Lipinski definition) is 1. The van der Waals surface area contributed by atoms with Crippen molar-refractivity contribution in [2.75, 3.05) is 0 Å². The minimum Gasteiger partial charge on any atom is -0.363 e. The van der Waals surface area contributed by atoms with Gasteiger partial charge in [0.1, 0.15) is 16.6 Å². The third-order valence-electron chi connectivity index (χ3n) is 4.73. The van der Waals surface area contributed by atoms with Gasteiger partial charge in [0.2, 0.25) is 0 Å². The fraction of sp³-hybridized carbons (Fsp3) is 0.412. The molecule has 120 valence electrons. The molecule has 0 unspecified atom stereocenters. The van der Waals surface area contributed by atoms with Gasteiger partial charge in [-0.25, -0.2) is 9.37 Å². The maximum Gasteiger partial charge on any atom is 0.128 e. The van der Waals surface area contributed by atoms with E-state index in [4.69, 9.17) is 12.2 Å². The van der Waals surface area contributed by atoms with E-state index >= 15 is 0 Å². The molecule has 1 aromatic heterocycles. The minimum absolute atomic E-state index is 0.224. The molecule has 1 aromatic carbocycles. The van der Waals surface area contributed by atoms with Crippen LogP contribution in [0.15, 0.2) is 28.9 Å². The predicted octanol–water partition coefficient (Wildman–Crippen LogP) is 3.93. The van der Waals surface area contributed by atoms with E-state index in [0.717, 1.165) is 28.3 Å². The highest BCUT2D eigenvalue weighted by molar-refractivity contribution is 9.10. The van der Waals surface area contributed by atoms with E-state index in [0.29, 0.717) is 17.1 Å². The molecule has 0 radical (unpaired) electrons. The second-order valence-corrected chi connectivity index (χ2v) is 8.03. The van der Waals surface area contributed by atoms with E-state index in [1.165, 1.54) is 18.9 Å². The van der Waals surface area contributed by atoms with Gasteiger partial charge in [-0.3, -0.25) is 0 Å². The van der Waals surface area contributed by atoms with Crippen molar-refractivity contribution in [3.05, 3.63) is 51.8 Å². The molecule has 2 aliphatic rings. The Hall–Kier alpha value is -1.27. The van der Waals surface area contributed by atoms with E-state index in [-0.39, 0.29) is 5.82 Å². The summed E-state index contributed by atoms with van der Waals surface area (Å²) in [6, 6.07) is 5.03. The molecule has 3 nitrogen and oxygen atoms in total. The summed E-state index contributed by atoms with van der Waals surface area (Å²) in [5.41, 5.74) is 0.964. The Morgan fingerprint density at radius 2 is 2.26 bits per heavy atom. The number of benzene rings is 1. The van der Waals surface area contributed by atoms with E-state index in [9.17, 15) is 4.39 Å². The van der Waals surface area contributed by atoms with Gasteiger partial charge in [-0.2, -0.15) is 0 Å². The second-order valence-electron chi connectivity index (χ2n) is 6.70. The number of imidazole rings is 1. The van der Waals surface area contributed by atoms with Crippen molar-refractivity contribution >= 4 is 33.1 Å². The first-order valence-electron chi connectivity index (χ1n) is 7.79. The largest absolute Gasteiger partial charge is 0.363 e. The summed E-state index contributed by atoms with van der Waals surface area (Å²) >= 11 is 8.96. The minimum atomic E-state index is -0.586. The first-order chi connectivity index (χ1) is 11.0. The molecule has 2 aromatic rings. The molecule has 1 N–H and O–H groups in total. The number of thiocarbonyl (C=S) groups is 1. The summed E-state index contributed by atoms with van der Waals surface area (Å²) in [5.74, 6) is 1.59. The van der Waals surface area contributed by atoms with Crippen molar-refractivity contribution < 1.29 is 4.39 Å². The monoisotopic (exact) mass is 393 g/mol. The molecule has 1 aliphatic heterocycles. The lowest BCUT2D eigenvalue weighted by molar-refractivity contribution is 0.332. The van der Waals surface area contributed by atoms with Gasteiger partial charge in [-0.15, -0.1) is 0 Å². The SMILES string of the molecule is C[C@@]1(c2cc(Br)ccc2F)Cn2c(cnc2CC2CC2)C(=S)N1. The maximum absolute atomic E-state index is 14.4. The summed E-state index contributed by atoms with van der Waals surface area (Å²) in [4.78, 5) is 5.19. The Balaban J connectivity index is 1.76. The van der Waals surface area contributed by atoms with Crippen molar-refractivity contribution in [2.24, 2.45) is 5.92 Å². The van der Waals surface area contributed by atoms with Crippen LogP contribution in [0.4, 0.5) is 4.39 Å². The third-order valence-corrected chi connectivity index (χ3v) is 5.53. The van der Waals surface area contributed by atoms with Crippen molar-refractivity contribution in [1.29, 1.82) is 0 Å². The van der Waals surface area contributed by atoms with Crippen LogP contribution in [-0.4, -0.2) is 14.5 Å². The number of rotatable bonds is 3. The van der Waals surface area contributed by atoms with Crippen LogP contribution in [0, 0.1) is 11.7 Å². The topological polar surface area (TPSA) is 29.9 Å². The number of aromatic nitrogens is 2. The Morgan fingerprint density at radius 3 is 3.00 bits per heavy atom. The van der Waals surface area contributed by atoms with Crippen LogP contribution in [0.2, 0.25) is 0 Å². The smallest absolute Gasteiger partial charge is 0.128 e. The molecule has 6 heteroatoms. The van der Waals surface area contributed by atoms with E-state index < -0.39 is 5.54 Å². The highest BCUT2D eigenvalue weighted by atomic mass is 79.9. The van der Waals surface area contributed by atoms with Crippen molar-refractivity contribution in [2.45, 2.75) is 38.3 Å². The lowest BCUT2D eigenvalue weighted by Crippen LogP contribution is -2.51. The van der Waals surface area contributed by atoms with E-state index in [2.05, 4.69) is 30.8 Å². The van der Waals surface area contributed by atoms with E-state index in [1.54, 1.807) is 6.07 Å². The normalized spacial score (nSPS) is 23.5. The lowest BCUT2D eigenvalue weighted by Gasteiger charge is -2.38. The molecule has 0 spiro atoms. The Morgan fingerprint density at radius 1 is 1.48 bits per heavy atom. The number of fused-ring (bicyclic) bond motifs is 1. The summed E-state index contributed by atoms with van der Waals surface area (Å²) < 4.78 is 17.4. The molecule has 4 rings (SSSR count). The Bertz CT molecular complexity index is 799. The molecule has 1 fully saturated rings. The molecule has 2 heterocycles. The average Bonchev–Trinajstić information content (AvgIpc) is 3.22. The van der Waals surface area contributed by atoms with Crippen molar-refractivity contribution in [1.82, 2.24) is 14.9 Å². The van der Waals surface area contributed by atoms with Crippen molar-refractivity contribution in [3.8, 4) is 0 Å². The summed E-state index contributed by atoms with van der Waals surface area (Å²) in [6.07, 6.45) is 5.38. The predicted molar refractivity (Wildman–Crippen MR) is 94.9 cm³/mol. The van der Waals surface area contributed by atoms with Gasteiger partial charge in [0.25, 0.3) is 0 Å². The molecule has 23 heavy (non-hydrogen) atoms. The molecule has 0 amide bonds. The Kier molecular flexibility index (Phi) is 3.57. The molecular weight excluding hydrogens is 377 g/mol. The summed E-state index contributed by atoms with van der Waals surface area (Å²) in [7, 11) is 0. The Labute approximate surface area is 148 Å². The van der Waals surface area contributed by atoms with Gasteiger partial charge in [0, 0.05) is 16.5 Å². The van der Waals surface area contributed by atoms with Gasteiger partial charge in [-0.1, -0.05) is 28.1 Å². The standard InChI is InChI=1S/C17H17BrFN3S/c1-17(12-7-11(18)4-5-13(12)19)9-22-14(16(23)21-17)8-20-15(22)6-10-2-3-10/h4-5,7-8,10H,2-3,6,9H2,1H3,(H,21,23)/t17-/m0/s1. The molecule has 1 saturated carbocycles. The zero-order valence-electron chi connectivity index (χ0n) is 12.8. The number of halogens is 2. The first kappa shape index (κ1) is 15.3. The van der Waals surface area contributed by atoms with Crippen LogP contribution in [0.5, 0.6) is 0 Å². The molecular formula is C17H17BrFN3S. The fourth-order valence-electron chi connectivity index (χ4n) is 3.26. The molecule has 1 aliphatic carbocycles. The van der Waals surface area contributed by atoms with Gasteiger partial charge >= 0.3 is 0 Å². The van der Waals surface area contributed by atoms with Gasteiger partial charge in [-0.05, 0) is 43.9 Å². The van der Waals surface area contributed by atoms with Crippen LogP contribution in [-0.2, 0) is 18.5 Å². The number of nitrogens with zero attached hydrogens (tertiary/aromatic N) is 2. The highest BCUT2D eigenvalue weighted by Crippen LogP contribution is 2.35. The molecule has 1 atom stereocenters. The highest BCUT2D eigenvalue weighted by Gasteiger charge is 2.38. The summed E-state index contributed by atoms with van der Waals surface area (Å²) in [5, 5.41) is 3.33. The van der Waals surface area contributed by atoms with Crippen LogP contribution in [0.3, 0.4) is 0 Å². The van der Waals surface area contributed by atoms with Crippen LogP contribution in [0.25, 0.3) is 0 Å². The quantitative estimate of drug-likeness (QED) is 0.801. The van der Waals surface area contributed by atoms with Gasteiger partial charge < -0.3 is 9.88 Å². The third kappa shape index (κ3) is 2.72. The average molecular weight is 394 g/mol. The van der Waals surface area contributed by atoms with Crippen LogP contribution in [0.1, 0.15) is 36.8 Å². The van der Waals surface area contributed by atoms with Crippen LogP contribution < -0.4 is 5.32 Å². The zero-order chi connectivity index (χ0) is 16.2. The molecule has 0 bridgehead atoms. The fourth-order valence-corrected chi connectivity index (χ4v) is 4.01. The lowest BCUT2D eigenvalue weighted by atomic mass is 9.89. The first-order valence-corrected chi connectivity index (χ1v) is 8.99. The van der Waals surface area contributed by atoms with Gasteiger partial charge in [0.05, 0.1) is 24.0 Å². The molecule has 0 saturated heterocycles. The van der Waals surface area contributed by atoms with Gasteiger partial charge in [0.15, 0.2) is 0 Å². The van der Waals surface area contributed by atoms with E-state index in [1.807, 2.05) is 19.2 Å². The number of hydrogen-bond acceptors (Lipinski definition) is 2. The maximum atomic E-state index is 14.4. The second kappa shape index (κ2) is 5.38. The summed E-state index contributed by atoms with van der Waals surface area (Å²) in [6.45, 7) is 2.62. The van der Waals surface area contributed by atoms with Crippen LogP contribution >= 0.6 is 28.1 Å².